The van der Waals surface area contributed by atoms with Crippen molar-refractivity contribution < 1.29 is 19.4 Å². The number of carbonyl (C=O) groups excluding carboxylic acids is 1. The predicted octanol–water partition coefficient (Wildman–Crippen LogP) is -0.245. The third-order valence-corrected chi connectivity index (χ3v) is 3.31. The molecule has 1 fully saturated rings. The molecule has 6 heteroatoms. The van der Waals surface area contributed by atoms with Crippen LogP contribution in [0.5, 0.6) is 11.5 Å². The molecule has 1 aromatic carbocycles. The lowest BCUT2D eigenvalue weighted by molar-refractivity contribution is -0.122. The third-order valence-electron chi connectivity index (χ3n) is 3.31. The molecule has 1 amide bonds. The van der Waals surface area contributed by atoms with Crippen LogP contribution in [0.25, 0.3) is 0 Å². The van der Waals surface area contributed by atoms with Crippen molar-refractivity contribution in [3.05, 3.63) is 18.2 Å². The number of aliphatic hydroxyl groups is 1. The van der Waals surface area contributed by atoms with Crippen molar-refractivity contribution in [3.8, 4) is 11.5 Å². The van der Waals surface area contributed by atoms with Crippen LogP contribution in [0.2, 0.25) is 0 Å². The Hall–Kier alpha value is -1.79. The molecule has 0 spiro atoms. The van der Waals surface area contributed by atoms with Crippen molar-refractivity contribution in [1.29, 1.82) is 0 Å². The number of rotatable bonds is 2. The Balaban J connectivity index is 1.87. The summed E-state index contributed by atoms with van der Waals surface area (Å²) in [7, 11) is 0. The molecule has 3 rings (SSSR count). The van der Waals surface area contributed by atoms with Crippen molar-refractivity contribution in [1.82, 2.24) is 5.32 Å². The predicted molar refractivity (Wildman–Crippen MR) is 68.7 cm³/mol. The zero-order chi connectivity index (χ0) is 13.2. The van der Waals surface area contributed by atoms with Crippen LogP contribution in [0.15, 0.2) is 18.2 Å². The van der Waals surface area contributed by atoms with E-state index in [1.54, 1.807) is 4.90 Å². The molecule has 0 radical (unpaired) electrons. The number of benzene rings is 1. The number of ether oxygens (including phenoxy) is 2. The molecule has 1 atom stereocenters. The number of anilines is 1. The first kappa shape index (κ1) is 12.3. The normalized spacial score (nSPS) is 22.5. The molecular weight excluding hydrogens is 248 g/mol. The zero-order valence-corrected chi connectivity index (χ0v) is 10.5. The summed E-state index contributed by atoms with van der Waals surface area (Å²) < 4.78 is 11.0. The highest BCUT2D eigenvalue weighted by Crippen LogP contribution is 2.34. The second-order valence-electron chi connectivity index (χ2n) is 4.51. The van der Waals surface area contributed by atoms with Crippen LogP contribution in [-0.2, 0) is 4.79 Å². The van der Waals surface area contributed by atoms with E-state index in [2.05, 4.69) is 5.32 Å². The van der Waals surface area contributed by atoms with Crippen LogP contribution >= 0.6 is 0 Å². The largest absolute Gasteiger partial charge is 0.486 e. The Labute approximate surface area is 110 Å². The van der Waals surface area contributed by atoms with E-state index in [0.717, 1.165) is 5.69 Å². The molecular formula is C13H16N2O4. The molecule has 2 aliphatic rings. The van der Waals surface area contributed by atoms with Gasteiger partial charge in [0, 0.05) is 24.8 Å². The van der Waals surface area contributed by atoms with Crippen LogP contribution in [-0.4, -0.2) is 50.0 Å². The van der Waals surface area contributed by atoms with Crippen molar-refractivity contribution in [3.63, 3.8) is 0 Å². The highest BCUT2D eigenvalue weighted by atomic mass is 16.6. The molecule has 0 aromatic heterocycles. The molecule has 6 nitrogen and oxygen atoms in total. The number of fused-ring (bicyclic) bond motifs is 1. The van der Waals surface area contributed by atoms with Crippen molar-refractivity contribution >= 4 is 11.6 Å². The maximum absolute atomic E-state index is 12.2. The van der Waals surface area contributed by atoms with Gasteiger partial charge in [0.15, 0.2) is 11.5 Å². The SMILES string of the molecule is O=C1C(CO)NCCN1c1ccc2c(c1)OCCO2. The van der Waals surface area contributed by atoms with Crippen LogP contribution < -0.4 is 19.7 Å². The number of amides is 1. The first-order chi connectivity index (χ1) is 9.29. The lowest BCUT2D eigenvalue weighted by atomic mass is 10.1. The van der Waals surface area contributed by atoms with Crippen LogP contribution in [0.4, 0.5) is 5.69 Å². The Morgan fingerprint density at radius 3 is 2.89 bits per heavy atom. The fourth-order valence-corrected chi connectivity index (χ4v) is 2.34. The van der Waals surface area contributed by atoms with E-state index < -0.39 is 6.04 Å². The number of carbonyl (C=O) groups is 1. The van der Waals surface area contributed by atoms with Gasteiger partial charge in [-0.05, 0) is 12.1 Å². The maximum Gasteiger partial charge on any atom is 0.246 e. The van der Waals surface area contributed by atoms with Gasteiger partial charge in [0.2, 0.25) is 5.91 Å². The summed E-state index contributed by atoms with van der Waals surface area (Å²) in [5, 5.41) is 12.1. The van der Waals surface area contributed by atoms with E-state index in [9.17, 15) is 4.79 Å². The van der Waals surface area contributed by atoms with Gasteiger partial charge in [-0.1, -0.05) is 0 Å². The molecule has 102 valence electrons. The van der Waals surface area contributed by atoms with Gasteiger partial charge >= 0.3 is 0 Å². The monoisotopic (exact) mass is 264 g/mol. The van der Waals surface area contributed by atoms with Crippen LogP contribution in [0.3, 0.4) is 0 Å². The van der Waals surface area contributed by atoms with Gasteiger partial charge in [0.25, 0.3) is 0 Å². The van der Waals surface area contributed by atoms with Gasteiger partial charge in [0.05, 0.1) is 6.61 Å². The van der Waals surface area contributed by atoms with Crippen molar-refractivity contribution in [2.45, 2.75) is 6.04 Å². The van der Waals surface area contributed by atoms with Gasteiger partial charge < -0.3 is 24.8 Å². The van der Waals surface area contributed by atoms with Gasteiger partial charge in [0.1, 0.15) is 19.3 Å². The molecule has 1 saturated heterocycles. The van der Waals surface area contributed by atoms with E-state index in [1.807, 2.05) is 18.2 Å². The molecule has 2 aliphatic heterocycles. The fraction of sp³-hybridized carbons (Fsp3) is 0.462. The molecule has 2 heterocycles. The first-order valence-electron chi connectivity index (χ1n) is 6.35. The minimum absolute atomic E-state index is 0.120. The second-order valence-corrected chi connectivity index (χ2v) is 4.51. The quantitative estimate of drug-likeness (QED) is 0.771. The number of nitrogens with zero attached hydrogens (tertiary/aromatic N) is 1. The molecule has 19 heavy (non-hydrogen) atoms. The summed E-state index contributed by atoms with van der Waals surface area (Å²) in [6.07, 6.45) is 0. The molecule has 0 saturated carbocycles. The Bertz CT molecular complexity index is 492. The third kappa shape index (κ3) is 2.24. The summed E-state index contributed by atoms with van der Waals surface area (Å²) in [5.74, 6) is 1.25. The summed E-state index contributed by atoms with van der Waals surface area (Å²) in [6, 6.07) is 4.94. The van der Waals surface area contributed by atoms with Crippen LogP contribution in [0, 0.1) is 0 Å². The molecule has 1 unspecified atom stereocenters. The number of aliphatic hydroxyl groups excluding tert-OH is 1. The number of hydrogen-bond donors (Lipinski definition) is 2. The van der Waals surface area contributed by atoms with E-state index in [4.69, 9.17) is 14.6 Å². The van der Waals surface area contributed by atoms with Crippen molar-refractivity contribution in [2.24, 2.45) is 0 Å². The van der Waals surface area contributed by atoms with Crippen molar-refractivity contribution in [2.75, 3.05) is 37.8 Å². The van der Waals surface area contributed by atoms with Gasteiger partial charge in [-0.3, -0.25) is 4.79 Å². The average molecular weight is 264 g/mol. The standard InChI is InChI=1S/C13H16N2O4/c16-8-10-13(17)15(4-3-14-10)9-1-2-11-12(7-9)19-6-5-18-11/h1-2,7,10,14,16H,3-6,8H2. The van der Waals surface area contributed by atoms with E-state index >= 15 is 0 Å². The summed E-state index contributed by atoms with van der Waals surface area (Å²) in [5.41, 5.74) is 0.772. The van der Waals surface area contributed by atoms with E-state index in [0.29, 0.717) is 37.8 Å². The average Bonchev–Trinajstić information content (AvgIpc) is 2.47. The number of nitrogens with one attached hydrogen (secondary N) is 1. The van der Waals surface area contributed by atoms with Gasteiger partial charge in [-0.25, -0.2) is 0 Å². The Kier molecular flexibility index (Phi) is 3.27. The lowest BCUT2D eigenvalue weighted by Gasteiger charge is -2.33. The zero-order valence-electron chi connectivity index (χ0n) is 10.5. The minimum Gasteiger partial charge on any atom is -0.486 e. The molecule has 1 aromatic rings. The molecule has 0 bridgehead atoms. The smallest absolute Gasteiger partial charge is 0.246 e. The highest BCUT2D eigenvalue weighted by Gasteiger charge is 2.29. The molecule has 2 N–H and O–H groups in total. The summed E-state index contributed by atoms with van der Waals surface area (Å²) in [6.45, 7) is 2.11. The lowest BCUT2D eigenvalue weighted by Crippen LogP contribution is -2.56. The number of piperazine rings is 1. The van der Waals surface area contributed by atoms with Crippen LogP contribution in [0.1, 0.15) is 0 Å². The first-order valence-corrected chi connectivity index (χ1v) is 6.35. The highest BCUT2D eigenvalue weighted by molar-refractivity contribution is 5.98. The van der Waals surface area contributed by atoms with E-state index in [1.165, 1.54) is 0 Å². The Morgan fingerprint density at radius 2 is 2.11 bits per heavy atom. The topological polar surface area (TPSA) is 71.0 Å². The summed E-state index contributed by atoms with van der Waals surface area (Å²) in [4.78, 5) is 13.8. The maximum atomic E-state index is 12.2. The summed E-state index contributed by atoms with van der Waals surface area (Å²) >= 11 is 0. The molecule has 0 aliphatic carbocycles. The van der Waals surface area contributed by atoms with Gasteiger partial charge in [-0.15, -0.1) is 0 Å². The number of hydrogen-bond acceptors (Lipinski definition) is 5. The van der Waals surface area contributed by atoms with E-state index in [-0.39, 0.29) is 12.5 Å². The second kappa shape index (κ2) is 5.07. The Morgan fingerprint density at radius 1 is 1.32 bits per heavy atom. The minimum atomic E-state index is -0.526. The van der Waals surface area contributed by atoms with Gasteiger partial charge in [-0.2, -0.15) is 0 Å². The fourth-order valence-electron chi connectivity index (χ4n) is 2.34.